The molecule has 1 aromatic carbocycles. The molecule has 0 aliphatic rings. The molecule has 1 aromatic heterocycles. The van der Waals surface area contributed by atoms with E-state index in [1.165, 1.54) is 6.33 Å². The van der Waals surface area contributed by atoms with Gasteiger partial charge in [-0.25, -0.2) is 4.98 Å². The Bertz CT molecular complexity index is 637. The van der Waals surface area contributed by atoms with Gasteiger partial charge in [-0.1, -0.05) is 12.1 Å². The van der Waals surface area contributed by atoms with Gasteiger partial charge in [0.15, 0.2) is 5.82 Å². The highest BCUT2D eigenvalue weighted by atomic mass is 16.1. The summed E-state index contributed by atoms with van der Waals surface area (Å²) in [6.07, 6.45) is 2.14. The third-order valence-corrected chi connectivity index (χ3v) is 3.02. The van der Waals surface area contributed by atoms with Crippen LogP contribution in [0.3, 0.4) is 0 Å². The molecule has 0 fully saturated rings. The molecule has 0 aliphatic carbocycles. The summed E-state index contributed by atoms with van der Waals surface area (Å²) >= 11 is 0. The number of H-pyrrole nitrogens is 1. The highest BCUT2D eigenvalue weighted by Gasteiger charge is 2.15. The van der Waals surface area contributed by atoms with E-state index in [1.807, 2.05) is 36.1 Å². The molecule has 6 nitrogen and oxygen atoms in total. The maximum atomic E-state index is 11.6. The van der Waals surface area contributed by atoms with Gasteiger partial charge in [-0.15, -0.1) is 0 Å². The standard InChI is InChI=1S/C14H19N5O/c1-10-4-2-5-11(8-10)19(7-3-6-15)13-12(16)14(20)18-9-17-13/h2,4-5,8-9H,3,6-7,15-16H2,1H3,(H,17,18,20). The first-order valence-electron chi connectivity index (χ1n) is 6.51. The fourth-order valence-corrected chi connectivity index (χ4v) is 2.02. The van der Waals surface area contributed by atoms with Crippen molar-refractivity contribution in [3.05, 3.63) is 46.5 Å². The van der Waals surface area contributed by atoms with Crippen LogP contribution in [0.4, 0.5) is 17.2 Å². The lowest BCUT2D eigenvalue weighted by molar-refractivity contribution is 0.808. The van der Waals surface area contributed by atoms with Crippen LogP contribution in [0.15, 0.2) is 35.4 Å². The number of aromatic nitrogens is 2. The molecule has 0 amide bonds. The van der Waals surface area contributed by atoms with Gasteiger partial charge < -0.3 is 21.4 Å². The maximum Gasteiger partial charge on any atom is 0.276 e. The van der Waals surface area contributed by atoms with Gasteiger partial charge in [0.1, 0.15) is 5.69 Å². The lowest BCUT2D eigenvalue weighted by Gasteiger charge is -2.24. The molecule has 2 rings (SSSR count). The third-order valence-electron chi connectivity index (χ3n) is 3.02. The number of hydrogen-bond acceptors (Lipinski definition) is 5. The molecule has 0 bridgehead atoms. The minimum absolute atomic E-state index is 0.117. The van der Waals surface area contributed by atoms with Crippen molar-refractivity contribution in [2.45, 2.75) is 13.3 Å². The predicted molar refractivity (Wildman–Crippen MR) is 81.1 cm³/mol. The number of nitrogen functional groups attached to an aromatic ring is 1. The normalized spacial score (nSPS) is 10.5. The van der Waals surface area contributed by atoms with E-state index in [-0.39, 0.29) is 11.2 Å². The summed E-state index contributed by atoms with van der Waals surface area (Å²) in [5, 5.41) is 0. The van der Waals surface area contributed by atoms with E-state index < -0.39 is 0 Å². The second-order valence-corrected chi connectivity index (χ2v) is 4.60. The lowest BCUT2D eigenvalue weighted by atomic mass is 10.2. The van der Waals surface area contributed by atoms with Crippen molar-refractivity contribution in [2.75, 3.05) is 23.7 Å². The van der Waals surface area contributed by atoms with Crippen molar-refractivity contribution < 1.29 is 0 Å². The van der Waals surface area contributed by atoms with Crippen molar-refractivity contribution in [2.24, 2.45) is 5.73 Å². The van der Waals surface area contributed by atoms with Crippen molar-refractivity contribution in [3.8, 4) is 0 Å². The Kier molecular flexibility index (Phi) is 4.37. The number of nitrogens with two attached hydrogens (primary N) is 2. The molecule has 2 aromatic rings. The van der Waals surface area contributed by atoms with Gasteiger partial charge in [0.2, 0.25) is 0 Å². The molecule has 6 heteroatoms. The number of nitrogens with one attached hydrogen (secondary N) is 1. The summed E-state index contributed by atoms with van der Waals surface area (Å²) in [4.78, 5) is 20.2. The minimum Gasteiger partial charge on any atom is -0.391 e. The monoisotopic (exact) mass is 273 g/mol. The number of aryl methyl sites for hydroxylation is 1. The highest BCUT2D eigenvalue weighted by Crippen LogP contribution is 2.26. The summed E-state index contributed by atoms with van der Waals surface area (Å²) in [7, 11) is 0. The van der Waals surface area contributed by atoms with Gasteiger partial charge in [0, 0.05) is 12.2 Å². The molecule has 0 aliphatic heterocycles. The molecule has 1 heterocycles. The zero-order valence-corrected chi connectivity index (χ0v) is 11.5. The first-order valence-corrected chi connectivity index (χ1v) is 6.51. The molecule has 106 valence electrons. The molecular formula is C14H19N5O. The van der Waals surface area contributed by atoms with E-state index in [2.05, 4.69) is 9.97 Å². The zero-order valence-electron chi connectivity index (χ0n) is 11.5. The Morgan fingerprint density at radius 2 is 2.20 bits per heavy atom. The van der Waals surface area contributed by atoms with Gasteiger partial charge in [0.05, 0.1) is 6.33 Å². The Balaban J connectivity index is 2.47. The Morgan fingerprint density at radius 3 is 2.90 bits per heavy atom. The van der Waals surface area contributed by atoms with E-state index in [0.717, 1.165) is 17.7 Å². The van der Waals surface area contributed by atoms with E-state index >= 15 is 0 Å². The SMILES string of the molecule is Cc1cccc(N(CCCN)c2nc[nH]c(=O)c2N)c1. The Labute approximate surface area is 117 Å². The van der Waals surface area contributed by atoms with Crippen LogP contribution in [0.5, 0.6) is 0 Å². The van der Waals surface area contributed by atoms with E-state index in [1.54, 1.807) is 0 Å². The number of benzene rings is 1. The van der Waals surface area contributed by atoms with Gasteiger partial charge in [-0.2, -0.15) is 0 Å². The second-order valence-electron chi connectivity index (χ2n) is 4.60. The molecule has 0 unspecified atom stereocenters. The highest BCUT2D eigenvalue weighted by molar-refractivity contribution is 5.70. The van der Waals surface area contributed by atoms with E-state index in [0.29, 0.717) is 18.9 Å². The quantitative estimate of drug-likeness (QED) is 0.758. The molecule has 20 heavy (non-hydrogen) atoms. The van der Waals surface area contributed by atoms with Gasteiger partial charge >= 0.3 is 0 Å². The number of anilines is 3. The van der Waals surface area contributed by atoms with Crippen LogP contribution in [0.25, 0.3) is 0 Å². The molecule has 0 saturated carbocycles. The summed E-state index contributed by atoms with van der Waals surface area (Å²) < 4.78 is 0. The smallest absolute Gasteiger partial charge is 0.276 e. The fourth-order valence-electron chi connectivity index (χ4n) is 2.02. The molecule has 5 N–H and O–H groups in total. The Hall–Kier alpha value is -2.34. The number of aromatic amines is 1. The molecule has 0 spiro atoms. The van der Waals surface area contributed by atoms with Crippen LogP contribution in [0, 0.1) is 6.92 Å². The van der Waals surface area contributed by atoms with Crippen LogP contribution in [0.2, 0.25) is 0 Å². The number of nitrogens with zero attached hydrogens (tertiary/aromatic N) is 2. The molecular weight excluding hydrogens is 254 g/mol. The van der Waals surface area contributed by atoms with Crippen LogP contribution in [0.1, 0.15) is 12.0 Å². The van der Waals surface area contributed by atoms with Crippen LogP contribution in [-0.4, -0.2) is 23.1 Å². The van der Waals surface area contributed by atoms with E-state index in [4.69, 9.17) is 11.5 Å². The van der Waals surface area contributed by atoms with Crippen LogP contribution < -0.4 is 21.9 Å². The number of rotatable bonds is 5. The van der Waals surface area contributed by atoms with Gasteiger partial charge in [-0.05, 0) is 37.6 Å². The largest absolute Gasteiger partial charge is 0.391 e. The van der Waals surface area contributed by atoms with Crippen molar-refractivity contribution in [1.29, 1.82) is 0 Å². The maximum absolute atomic E-state index is 11.6. The van der Waals surface area contributed by atoms with Crippen LogP contribution in [-0.2, 0) is 0 Å². The van der Waals surface area contributed by atoms with E-state index in [9.17, 15) is 4.79 Å². The average Bonchev–Trinajstić information content (AvgIpc) is 2.44. The average molecular weight is 273 g/mol. The predicted octanol–water partition coefficient (Wildman–Crippen LogP) is 1.15. The molecule has 0 saturated heterocycles. The fraction of sp³-hybridized carbons (Fsp3) is 0.286. The van der Waals surface area contributed by atoms with Gasteiger partial charge in [0.25, 0.3) is 5.56 Å². The first kappa shape index (κ1) is 14.1. The Morgan fingerprint density at radius 1 is 1.40 bits per heavy atom. The van der Waals surface area contributed by atoms with Crippen molar-refractivity contribution in [1.82, 2.24) is 9.97 Å². The zero-order chi connectivity index (χ0) is 14.5. The minimum atomic E-state index is -0.333. The summed E-state index contributed by atoms with van der Waals surface area (Å²) in [5.74, 6) is 0.466. The summed E-state index contributed by atoms with van der Waals surface area (Å²) in [6.45, 7) is 3.23. The summed E-state index contributed by atoms with van der Waals surface area (Å²) in [5.41, 5.74) is 13.3. The van der Waals surface area contributed by atoms with Crippen LogP contribution >= 0.6 is 0 Å². The van der Waals surface area contributed by atoms with Crippen molar-refractivity contribution in [3.63, 3.8) is 0 Å². The third kappa shape index (κ3) is 2.97. The lowest BCUT2D eigenvalue weighted by Crippen LogP contribution is -2.26. The first-order chi connectivity index (χ1) is 9.63. The van der Waals surface area contributed by atoms with Gasteiger partial charge in [-0.3, -0.25) is 4.79 Å². The second kappa shape index (κ2) is 6.21. The summed E-state index contributed by atoms with van der Waals surface area (Å²) in [6, 6.07) is 7.97. The number of hydrogen-bond donors (Lipinski definition) is 3. The molecule has 0 atom stereocenters. The van der Waals surface area contributed by atoms with Crippen molar-refractivity contribution >= 4 is 17.2 Å². The topological polar surface area (TPSA) is 101 Å². The molecule has 0 radical (unpaired) electrons.